The van der Waals surface area contributed by atoms with Crippen molar-refractivity contribution in [1.29, 1.82) is 0 Å². The zero-order valence-electron chi connectivity index (χ0n) is 12.9. The van der Waals surface area contributed by atoms with Gasteiger partial charge in [0.1, 0.15) is 5.75 Å². The van der Waals surface area contributed by atoms with Crippen molar-refractivity contribution in [2.75, 3.05) is 25.4 Å². The molecule has 1 unspecified atom stereocenters. The lowest BCUT2D eigenvalue weighted by Crippen LogP contribution is -2.29. The van der Waals surface area contributed by atoms with Crippen molar-refractivity contribution in [2.45, 2.75) is 52.1 Å². The van der Waals surface area contributed by atoms with E-state index in [1.807, 2.05) is 25.1 Å². The summed E-state index contributed by atoms with van der Waals surface area (Å²) in [6.07, 6.45) is 6.84. The second-order valence-electron chi connectivity index (χ2n) is 5.99. The summed E-state index contributed by atoms with van der Waals surface area (Å²) in [6.45, 7) is 7.84. The van der Waals surface area contributed by atoms with E-state index in [1.165, 1.54) is 38.8 Å². The van der Waals surface area contributed by atoms with E-state index < -0.39 is 0 Å². The number of hydrogen-bond acceptors (Lipinski definition) is 3. The first-order valence-corrected chi connectivity index (χ1v) is 7.90. The predicted molar refractivity (Wildman–Crippen MR) is 85.2 cm³/mol. The average molecular weight is 276 g/mol. The topological polar surface area (TPSA) is 38.5 Å². The van der Waals surface area contributed by atoms with Gasteiger partial charge in [0.2, 0.25) is 0 Å². The molecule has 112 valence electrons. The van der Waals surface area contributed by atoms with Crippen molar-refractivity contribution in [1.82, 2.24) is 4.90 Å². The Morgan fingerprint density at radius 2 is 1.90 bits per heavy atom. The lowest BCUT2D eigenvalue weighted by molar-refractivity contribution is 0.178. The number of likely N-dealkylation sites (tertiary alicyclic amines) is 1. The molecule has 0 spiro atoms. The minimum atomic E-state index is 0.251. The molecule has 0 amide bonds. The molecule has 0 radical (unpaired) electrons. The largest absolute Gasteiger partial charge is 0.491 e. The molecular weight excluding hydrogens is 248 g/mol. The second kappa shape index (κ2) is 7.53. The van der Waals surface area contributed by atoms with Gasteiger partial charge in [-0.05, 0) is 70.0 Å². The third kappa shape index (κ3) is 4.71. The van der Waals surface area contributed by atoms with E-state index in [4.69, 9.17) is 10.5 Å². The summed E-state index contributed by atoms with van der Waals surface area (Å²) in [4.78, 5) is 2.58. The van der Waals surface area contributed by atoms with Crippen molar-refractivity contribution in [2.24, 2.45) is 0 Å². The van der Waals surface area contributed by atoms with Gasteiger partial charge in [0.25, 0.3) is 0 Å². The third-order valence-corrected chi connectivity index (χ3v) is 4.13. The molecule has 1 aromatic carbocycles. The van der Waals surface area contributed by atoms with E-state index in [-0.39, 0.29) is 6.10 Å². The molecule has 2 N–H and O–H groups in total. The molecule has 0 aromatic heterocycles. The molecule has 1 saturated heterocycles. The number of nitrogens with zero attached hydrogens (tertiary/aromatic N) is 1. The highest BCUT2D eigenvalue weighted by Crippen LogP contribution is 2.20. The van der Waals surface area contributed by atoms with Crippen LogP contribution in [0.2, 0.25) is 0 Å². The van der Waals surface area contributed by atoms with Gasteiger partial charge in [0, 0.05) is 12.2 Å². The van der Waals surface area contributed by atoms with Crippen LogP contribution in [0.25, 0.3) is 0 Å². The van der Waals surface area contributed by atoms with Gasteiger partial charge in [-0.15, -0.1) is 0 Å². The number of nitrogens with two attached hydrogens (primary N) is 1. The normalized spacial score (nSPS) is 18.5. The summed E-state index contributed by atoms with van der Waals surface area (Å²) >= 11 is 0. The monoisotopic (exact) mass is 276 g/mol. The van der Waals surface area contributed by atoms with Crippen molar-refractivity contribution in [3.8, 4) is 5.75 Å². The summed E-state index contributed by atoms with van der Waals surface area (Å²) in [5.41, 5.74) is 7.74. The summed E-state index contributed by atoms with van der Waals surface area (Å²) in [5, 5.41) is 0. The summed E-state index contributed by atoms with van der Waals surface area (Å²) in [6, 6.07) is 5.91. The number of rotatable bonds is 5. The first-order valence-electron chi connectivity index (χ1n) is 7.90. The fourth-order valence-corrected chi connectivity index (χ4v) is 2.74. The first-order chi connectivity index (χ1) is 9.65. The van der Waals surface area contributed by atoms with E-state index in [2.05, 4.69) is 11.8 Å². The molecule has 0 bridgehead atoms. The molecule has 1 fully saturated rings. The molecule has 1 atom stereocenters. The van der Waals surface area contributed by atoms with Crippen molar-refractivity contribution >= 4 is 5.69 Å². The lowest BCUT2D eigenvalue weighted by Gasteiger charge is -2.22. The Balaban J connectivity index is 1.76. The van der Waals surface area contributed by atoms with Crippen LogP contribution in [0, 0.1) is 6.92 Å². The predicted octanol–water partition coefficient (Wildman–Crippen LogP) is 3.61. The fourth-order valence-electron chi connectivity index (χ4n) is 2.74. The van der Waals surface area contributed by atoms with Crippen LogP contribution in [0.4, 0.5) is 5.69 Å². The Hall–Kier alpha value is -1.22. The van der Waals surface area contributed by atoms with Crippen molar-refractivity contribution < 1.29 is 4.74 Å². The zero-order valence-corrected chi connectivity index (χ0v) is 12.9. The molecule has 3 nitrogen and oxygen atoms in total. The number of benzene rings is 1. The van der Waals surface area contributed by atoms with Gasteiger partial charge in [-0.1, -0.05) is 12.8 Å². The van der Waals surface area contributed by atoms with Crippen LogP contribution in [0.5, 0.6) is 5.75 Å². The van der Waals surface area contributed by atoms with Crippen LogP contribution < -0.4 is 10.5 Å². The Bertz CT molecular complexity index is 411. The van der Waals surface area contributed by atoms with Crippen LogP contribution in [0.15, 0.2) is 18.2 Å². The quantitative estimate of drug-likeness (QED) is 0.835. The average Bonchev–Trinajstić information content (AvgIpc) is 2.69. The van der Waals surface area contributed by atoms with Crippen LogP contribution >= 0.6 is 0 Å². The molecule has 1 aromatic rings. The number of hydrogen-bond donors (Lipinski definition) is 1. The van der Waals surface area contributed by atoms with Gasteiger partial charge < -0.3 is 15.4 Å². The Labute approximate surface area is 123 Å². The minimum absolute atomic E-state index is 0.251. The maximum Gasteiger partial charge on any atom is 0.120 e. The van der Waals surface area contributed by atoms with Crippen molar-refractivity contribution in [3.05, 3.63) is 23.8 Å². The molecular formula is C17H28N2O. The summed E-state index contributed by atoms with van der Waals surface area (Å²) in [5.74, 6) is 0.931. The Morgan fingerprint density at radius 1 is 1.20 bits per heavy atom. The zero-order chi connectivity index (χ0) is 14.4. The van der Waals surface area contributed by atoms with Gasteiger partial charge in [-0.2, -0.15) is 0 Å². The van der Waals surface area contributed by atoms with Crippen LogP contribution in [0.1, 0.15) is 44.6 Å². The van der Waals surface area contributed by atoms with E-state index in [9.17, 15) is 0 Å². The molecule has 0 saturated carbocycles. The fraction of sp³-hybridized carbons (Fsp3) is 0.647. The van der Waals surface area contributed by atoms with E-state index in [1.54, 1.807) is 0 Å². The van der Waals surface area contributed by atoms with Gasteiger partial charge in [-0.3, -0.25) is 0 Å². The van der Waals surface area contributed by atoms with Crippen LogP contribution in [-0.2, 0) is 0 Å². The molecule has 1 aliphatic heterocycles. The Morgan fingerprint density at radius 3 is 2.55 bits per heavy atom. The van der Waals surface area contributed by atoms with Crippen LogP contribution in [-0.4, -0.2) is 30.6 Å². The highest BCUT2D eigenvalue weighted by atomic mass is 16.5. The second-order valence-corrected chi connectivity index (χ2v) is 5.99. The van der Waals surface area contributed by atoms with Gasteiger partial charge in [-0.25, -0.2) is 0 Å². The van der Waals surface area contributed by atoms with E-state index >= 15 is 0 Å². The van der Waals surface area contributed by atoms with Gasteiger partial charge >= 0.3 is 0 Å². The molecule has 3 heteroatoms. The summed E-state index contributed by atoms with van der Waals surface area (Å²) in [7, 11) is 0. The molecule has 20 heavy (non-hydrogen) atoms. The molecule has 0 aliphatic carbocycles. The molecule has 1 aliphatic rings. The van der Waals surface area contributed by atoms with Gasteiger partial charge in [0.05, 0.1) is 6.10 Å². The smallest absolute Gasteiger partial charge is 0.120 e. The van der Waals surface area contributed by atoms with Crippen molar-refractivity contribution in [3.63, 3.8) is 0 Å². The van der Waals surface area contributed by atoms with E-state index in [0.717, 1.165) is 30.0 Å². The first kappa shape index (κ1) is 15.2. The highest BCUT2D eigenvalue weighted by Gasteiger charge is 2.11. The number of aryl methyl sites for hydroxylation is 1. The minimum Gasteiger partial charge on any atom is -0.491 e. The number of ether oxygens (including phenoxy) is 1. The highest BCUT2D eigenvalue weighted by molar-refractivity contribution is 5.49. The lowest BCUT2D eigenvalue weighted by atomic mass is 10.2. The standard InChI is InChI=1S/C17H28N2O/c1-14-13-16(7-8-17(14)18)20-15(2)9-12-19-10-5-3-4-6-11-19/h7-8,13,15H,3-6,9-12,18H2,1-2H3. The SMILES string of the molecule is Cc1cc(OC(C)CCN2CCCCCC2)ccc1N. The summed E-state index contributed by atoms with van der Waals surface area (Å²) < 4.78 is 5.99. The maximum absolute atomic E-state index is 5.99. The van der Waals surface area contributed by atoms with Gasteiger partial charge in [0.15, 0.2) is 0 Å². The molecule has 2 rings (SSSR count). The Kier molecular flexibility index (Phi) is 5.72. The van der Waals surface area contributed by atoms with Crippen LogP contribution in [0.3, 0.4) is 0 Å². The number of anilines is 1. The number of nitrogen functional groups attached to an aromatic ring is 1. The van der Waals surface area contributed by atoms with E-state index in [0.29, 0.717) is 0 Å². The third-order valence-electron chi connectivity index (χ3n) is 4.13. The molecule has 1 heterocycles. The maximum atomic E-state index is 5.99.